The first-order chi connectivity index (χ1) is 14.2. The van der Waals surface area contributed by atoms with Crippen LogP contribution in [-0.4, -0.2) is 72.3 Å². The van der Waals surface area contributed by atoms with Gasteiger partial charge in [-0.2, -0.15) is 0 Å². The molecule has 0 atom stereocenters. The SMILES string of the molecule is CN(CCCCN1CCOCC1)C(=O)CCc1nnc(CCc2ccccc2)o1. The average Bonchev–Trinajstić information content (AvgIpc) is 3.23. The second-order valence-electron chi connectivity index (χ2n) is 7.55. The predicted molar refractivity (Wildman–Crippen MR) is 111 cm³/mol. The molecule has 1 aliphatic rings. The number of hydrogen-bond donors (Lipinski definition) is 0. The molecule has 158 valence electrons. The van der Waals surface area contributed by atoms with Crippen molar-refractivity contribution < 1.29 is 13.9 Å². The smallest absolute Gasteiger partial charge is 0.222 e. The maximum absolute atomic E-state index is 12.3. The van der Waals surface area contributed by atoms with Crippen LogP contribution < -0.4 is 0 Å². The molecular formula is C22H32N4O3. The van der Waals surface area contributed by atoms with Crippen LogP contribution in [0.3, 0.4) is 0 Å². The molecule has 0 N–H and O–H groups in total. The van der Waals surface area contributed by atoms with Crippen LogP contribution in [0.5, 0.6) is 0 Å². The number of hydrogen-bond acceptors (Lipinski definition) is 6. The molecule has 1 aromatic carbocycles. The van der Waals surface area contributed by atoms with Crippen LogP contribution in [0.15, 0.2) is 34.7 Å². The maximum Gasteiger partial charge on any atom is 0.222 e. The Kier molecular flexibility index (Phi) is 8.64. The first kappa shape index (κ1) is 21.5. The van der Waals surface area contributed by atoms with Crippen LogP contribution in [0.2, 0.25) is 0 Å². The lowest BCUT2D eigenvalue weighted by molar-refractivity contribution is -0.130. The Morgan fingerprint density at radius 3 is 2.52 bits per heavy atom. The lowest BCUT2D eigenvalue weighted by atomic mass is 10.1. The van der Waals surface area contributed by atoms with Crippen LogP contribution in [0.1, 0.15) is 36.6 Å². The summed E-state index contributed by atoms with van der Waals surface area (Å²) >= 11 is 0. The van der Waals surface area contributed by atoms with Crippen LogP contribution in [0, 0.1) is 0 Å². The lowest BCUT2D eigenvalue weighted by Crippen LogP contribution is -2.37. The quantitative estimate of drug-likeness (QED) is 0.539. The van der Waals surface area contributed by atoms with Crippen molar-refractivity contribution in [2.45, 2.75) is 38.5 Å². The second kappa shape index (κ2) is 11.7. The van der Waals surface area contributed by atoms with Gasteiger partial charge in [-0.15, -0.1) is 10.2 Å². The van der Waals surface area contributed by atoms with Crippen LogP contribution in [0.4, 0.5) is 0 Å². The number of morpholine rings is 1. The number of amides is 1. The summed E-state index contributed by atoms with van der Waals surface area (Å²) in [4.78, 5) is 16.6. The third-order valence-corrected chi connectivity index (χ3v) is 5.28. The fourth-order valence-corrected chi connectivity index (χ4v) is 3.42. The maximum atomic E-state index is 12.3. The molecule has 1 fully saturated rings. The molecule has 0 radical (unpaired) electrons. The van der Waals surface area contributed by atoms with Crippen molar-refractivity contribution in [1.82, 2.24) is 20.0 Å². The third-order valence-electron chi connectivity index (χ3n) is 5.28. The van der Waals surface area contributed by atoms with Gasteiger partial charge in [0.1, 0.15) is 0 Å². The molecule has 0 saturated carbocycles. The van der Waals surface area contributed by atoms with Crippen LogP contribution in [0.25, 0.3) is 0 Å². The zero-order valence-electron chi connectivity index (χ0n) is 17.4. The number of nitrogens with zero attached hydrogens (tertiary/aromatic N) is 4. The number of rotatable bonds is 11. The zero-order chi connectivity index (χ0) is 20.3. The van der Waals surface area contributed by atoms with E-state index >= 15 is 0 Å². The molecule has 29 heavy (non-hydrogen) atoms. The van der Waals surface area contributed by atoms with E-state index in [-0.39, 0.29) is 5.91 Å². The van der Waals surface area contributed by atoms with Crippen LogP contribution in [-0.2, 0) is 28.8 Å². The van der Waals surface area contributed by atoms with Gasteiger partial charge in [-0.05, 0) is 31.4 Å². The van der Waals surface area contributed by atoms with Gasteiger partial charge in [-0.3, -0.25) is 9.69 Å². The Morgan fingerprint density at radius 1 is 1.03 bits per heavy atom. The Labute approximate surface area is 173 Å². The number of aromatic nitrogens is 2. The van der Waals surface area contributed by atoms with Gasteiger partial charge in [0.05, 0.1) is 13.2 Å². The summed E-state index contributed by atoms with van der Waals surface area (Å²) in [6.45, 7) is 5.58. The van der Waals surface area contributed by atoms with E-state index in [1.807, 2.05) is 30.1 Å². The van der Waals surface area contributed by atoms with Gasteiger partial charge in [0.25, 0.3) is 0 Å². The van der Waals surface area contributed by atoms with Gasteiger partial charge in [0, 0.05) is 45.9 Å². The molecular weight excluding hydrogens is 368 g/mol. The molecule has 1 aliphatic heterocycles. The van der Waals surface area contributed by atoms with Crippen molar-refractivity contribution in [3.63, 3.8) is 0 Å². The van der Waals surface area contributed by atoms with Gasteiger partial charge in [0.15, 0.2) is 0 Å². The van der Waals surface area contributed by atoms with E-state index in [9.17, 15) is 4.79 Å². The summed E-state index contributed by atoms with van der Waals surface area (Å²) < 4.78 is 11.1. The summed E-state index contributed by atoms with van der Waals surface area (Å²) in [5, 5.41) is 8.19. The molecule has 0 aliphatic carbocycles. The minimum absolute atomic E-state index is 0.125. The van der Waals surface area contributed by atoms with Crippen molar-refractivity contribution in [2.75, 3.05) is 46.4 Å². The minimum atomic E-state index is 0.125. The fourth-order valence-electron chi connectivity index (χ4n) is 3.42. The topological polar surface area (TPSA) is 71.7 Å². The van der Waals surface area contributed by atoms with E-state index < -0.39 is 0 Å². The zero-order valence-corrected chi connectivity index (χ0v) is 17.4. The van der Waals surface area contributed by atoms with Crippen LogP contribution >= 0.6 is 0 Å². The average molecular weight is 401 g/mol. The highest BCUT2D eigenvalue weighted by atomic mass is 16.5. The van der Waals surface area contributed by atoms with Gasteiger partial charge in [-0.1, -0.05) is 30.3 Å². The van der Waals surface area contributed by atoms with Crippen molar-refractivity contribution in [3.8, 4) is 0 Å². The largest absolute Gasteiger partial charge is 0.425 e. The molecule has 1 saturated heterocycles. The van der Waals surface area contributed by atoms with Gasteiger partial charge < -0.3 is 14.1 Å². The summed E-state index contributed by atoms with van der Waals surface area (Å²) in [5.74, 6) is 1.30. The van der Waals surface area contributed by atoms with Crippen molar-refractivity contribution >= 4 is 5.91 Å². The minimum Gasteiger partial charge on any atom is -0.425 e. The van der Waals surface area contributed by atoms with E-state index in [0.717, 1.165) is 58.7 Å². The summed E-state index contributed by atoms with van der Waals surface area (Å²) in [7, 11) is 1.87. The van der Waals surface area contributed by atoms with Gasteiger partial charge in [0.2, 0.25) is 17.7 Å². The Morgan fingerprint density at radius 2 is 1.76 bits per heavy atom. The number of benzene rings is 1. The van der Waals surface area contributed by atoms with Gasteiger partial charge in [-0.25, -0.2) is 0 Å². The summed E-state index contributed by atoms with van der Waals surface area (Å²) in [5.41, 5.74) is 1.25. The monoisotopic (exact) mass is 400 g/mol. The first-order valence-electron chi connectivity index (χ1n) is 10.6. The molecule has 0 unspecified atom stereocenters. The van der Waals surface area contributed by atoms with E-state index in [1.54, 1.807) is 0 Å². The van der Waals surface area contributed by atoms with E-state index in [1.165, 1.54) is 5.56 Å². The first-order valence-corrected chi connectivity index (χ1v) is 10.6. The fraction of sp³-hybridized carbons (Fsp3) is 0.591. The molecule has 2 aromatic rings. The third kappa shape index (κ3) is 7.59. The number of carbonyl (C=O) groups excluding carboxylic acids is 1. The number of carbonyl (C=O) groups is 1. The molecule has 1 amide bonds. The van der Waals surface area contributed by atoms with E-state index in [2.05, 4.69) is 27.2 Å². The molecule has 3 rings (SSSR count). The lowest BCUT2D eigenvalue weighted by Gasteiger charge is -2.26. The highest BCUT2D eigenvalue weighted by Crippen LogP contribution is 2.09. The highest BCUT2D eigenvalue weighted by Gasteiger charge is 2.13. The summed E-state index contributed by atoms with van der Waals surface area (Å²) in [6.07, 6.45) is 4.61. The van der Waals surface area contributed by atoms with Crippen molar-refractivity contribution in [1.29, 1.82) is 0 Å². The molecule has 1 aromatic heterocycles. The van der Waals surface area contributed by atoms with E-state index in [0.29, 0.717) is 31.0 Å². The Hall–Kier alpha value is -2.25. The summed E-state index contributed by atoms with van der Waals surface area (Å²) in [6, 6.07) is 10.2. The Bertz CT molecular complexity index is 729. The standard InChI is InChI=1S/C22H32N4O3/c1-25(13-5-6-14-26-15-17-28-18-16-26)22(27)12-11-21-24-23-20(29-21)10-9-19-7-3-2-4-8-19/h2-4,7-8H,5-6,9-18H2,1H3. The number of aryl methyl sites for hydroxylation is 3. The Balaban J connectivity index is 1.29. The number of ether oxygens (including phenoxy) is 1. The van der Waals surface area contributed by atoms with Crippen molar-refractivity contribution in [3.05, 3.63) is 47.7 Å². The molecule has 0 bridgehead atoms. The van der Waals surface area contributed by atoms with E-state index in [4.69, 9.17) is 9.15 Å². The molecule has 0 spiro atoms. The number of unbranched alkanes of at least 4 members (excludes halogenated alkanes) is 1. The normalized spacial score (nSPS) is 14.8. The predicted octanol–water partition coefficient (Wildman–Crippen LogP) is 2.36. The molecule has 7 heteroatoms. The molecule has 7 nitrogen and oxygen atoms in total. The van der Waals surface area contributed by atoms with Crippen molar-refractivity contribution in [2.24, 2.45) is 0 Å². The highest BCUT2D eigenvalue weighted by molar-refractivity contribution is 5.75. The second-order valence-corrected chi connectivity index (χ2v) is 7.55. The molecule has 2 heterocycles. The van der Waals surface area contributed by atoms with Gasteiger partial charge >= 0.3 is 0 Å².